The number of carbonyl (C=O) groups excluding carboxylic acids is 2. The molecule has 0 spiro atoms. The summed E-state index contributed by atoms with van der Waals surface area (Å²) in [5, 5.41) is 0. The lowest BCUT2D eigenvalue weighted by molar-refractivity contribution is 0.0839. The Morgan fingerprint density at radius 1 is 1.04 bits per heavy atom. The molecular weight excluding hydrogens is 354 g/mol. The lowest BCUT2D eigenvalue weighted by Crippen LogP contribution is -2.47. The summed E-state index contributed by atoms with van der Waals surface area (Å²) in [5.74, 6) is 0.920. The second kappa shape index (κ2) is 8.71. The number of hydrogen-bond donors (Lipinski definition) is 1. The largest absolute Gasteiger partial charge is 0.497 e. The summed E-state index contributed by atoms with van der Waals surface area (Å²) in [6, 6.07) is 8.16. The minimum atomic E-state index is -0.00236. The van der Waals surface area contributed by atoms with Crippen molar-refractivity contribution in [3.8, 4) is 5.75 Å². The number of aromatic amines is 1. The Labute approximate surface area is 166 Å². The average molecular weight is 383 g/mol. The van der Waals surface area contributed by atoms with Crippen LogP contribution in [0.25, 0.3) is 0 Å². The van der Waals surface area contributed by atoms with Crippen molar-refractivity contribution in [3.05, 3.63) is 52.3 Å². The molecule has 3 rings (SSSR count). The zero-order chi connectivity index (χ0) is 20.3. The van der Waals surface area contributed by atoms with E-state index in [4.69, 9.17) is 4.74 Å². The van der Waals surface area contributed by atoms with Gasteiger partial charge in [-0.25, -0.2) is 0 Å². The first-order valence-corrected chi connectivity index (χ1v) is 9.70. The highest BCUT2D eigenvalue weighted by atomic mass is 16.5. The van der Waals surface area contributed by atoms with Crippen LogP contribution in [0.15, 0.2) is 24.3 Å². The summed E-state index contributed by atoms with van der Waals surface area (Å²) in [7, 11) is 1.67. The van der Waals surface area contributed by atoms with Crippen molar-refractivity contribution in [2.24, 2.45) is 0 Å². The van der Waals surface area contributed by atoms with Gasteiger partial charge in [-0.15, -0.1) is 0 Å². The van der Waals surface area contributed by atoms with Gasteiger partial charge in [0.1, 0.15) is 5.75 Å². The summed E-state index contributed by atoms with van der Waals surface area (Å²) in [6.07, 6.45) is 0. The molecule has 1 aromatic carbocycles. The molecule has 6 heteroatoms. The van der Waals surface area contributed by atoms with E-state index in [1.54, 1.807) is 14.0 Å². The van der Waals surface area contributed by atoms with Crippen molar-refractivity contribution in [2.45, 2.75) is 27.3 Å². The Morgan fingerprint density at radius 2 is 1.64 bits per heavy atom. The Morgan fingerprint density at radius 3 is 2.18 bits per heavy atom. The van der Waals surface area contributed by atoms with Crippen LogP contribution in [0, 0.1) is 13.8 Å². The standard InChI is InChI=1S/C22H29N3O3/c1-15-21(17(3)26)16(2)23-22(15)20(27)14-25-11-9-24(10-12-25)13-18-5-7-19(28-4)8-6-18/h5-8,23H,9-14H2,1-4H3. The molecule has 150 valence electrons. The van der Waals surface area contributed by atoms with E-state index in [-0.39, 0.29) is 11.6 Å². The van der Waals surface area contributed by atoms with E-state index >= 15 is 0 Å². The molecule has 0 atom stereocenters. The molecule has 2 heterocycles. The highest BCUT2D eigenvalue weighted by Crippen LogP contribution is 2.20. The van der Waals surface area contributed by atoms with Crippen LogP contribution >= 0.6 is 0 Å². The number of carbonyl (C=O) groups is 2. The van der Waals surface area contributed by atoms with Crippen LogP contribution in [0.3, 0.4) is 0 Å². The molecule has 6 nitrogen and oxygen atoms in total. The second-order valence-electron chi connectivity index (χ2n) is 7.50. The summed E-state index contributed by atoms with van der Waals surface area (Å²) < 4.78 is 5.20. The van der Waals surface area contributed by atoms with Gasteiger partial charge in [-0.1, -0.05) is 12.1 Å². The SMILES string of the molecule is COc1ccc(CN2CCN(CC(=O)c3[nH]c(C)c(C(C)=O)c3C)CC2)cc1. The molecule has 0 saturated carbocycles. The lowest BCUT2D eigenvalue weighted by atomic mass is 10.1. The smallest absolute Gasteiger partial charge is 0.193 e. The van der Waals surface area contributed by atoms with Crippen molar-refractivity contribution in [1.29, 1.82) is 0 Å². The fourth-order valence-electron chi connectivity index (χ4n) is 3.93. The van der Waals surface area contributed by atoms with Crippen LogP contribution in [0.2, 0.25) is 0 Å². The van der Waals surface area contributed by atoms with Crippen LogP contribution in [0.5, 0.6) is 5.75 Å². The Balaban J connectivity index is 1.53. The van der Waals surface area contributed by atoms with E-state index in [9.17, 15) is 9.59 Å². The van der Waals surface area contributed by atoms with Crippen molar-refractivity contribution in [2.75, 3.05) is 39.8 Å². The first-order valence-electron chi connectivity index (χ1n) is 9.70. The van der Waals surface area contributed by atoms with Gasteiger partial charge in [-0.2, -0.15) is 0 Å². The van der Waals surface area contributed by atoms with Crippen molar-refractivity contribution >= 4 is 11.6 Å². The van der Waals surface area contributed by atoms with Crippen LogP contribution in [-0.4, -0.2) is 66.2 Å². The van der Waals surface area contributed by atoms with Gasteiger partial charge in [-0.05, 0) is 44.0 Å². The molecule has 0 bridgehead atoms. The molecule has 1 N–H and O–H groups in total. The predicted octanol–water partition coefficient (Wildman–Crippen LogP) is 2.84. The van der Waals surface area contributed by atoms with Crippen LogP contribution in [0.1, 0.15) is 44.6 Å². The molecular formula is C22H29N3O3. The fraction of sp³-hybridized carbons (Fsp3) is 0.455. The van der Waals surface area contributed by atoms with Gasteiger partial charge >= 0.3 is 0 Å². The molecule has 1 aliphatic rings. The monoisotopic (exact) mass is 383 g/mol. The van der Waals surface area contributed by atoms with Gasteiger partial charge < -0.3 is 9.72 Å². The average Bonchev–Trinajstić information content (AvgIpc) is 2.98. The lowest BCUT2D eigenvalue weighted by Gasteiger charge is -2.34. The molecule has 1 aromatic heterocycles. The molecule has 0 aliphatic carbocycles. The molecule has 1 saturated heterocycles. The van der Waals surface area contributed by atoms with E-state index < -0.39 is 0 Å². The molecule has 0 radical (unpaired) electrons. The number of piperazine rings is 1. The third kappa shape index (κ3) is 4.51. The maximum Gasteiger partial charge on any atom is 0.193 e. The van der Waals surface area contributed by atoms with Crippen molar-refractivity contribution in [3.63, 3.8) is 0 Å². The maximum absolute atomic E-state index is 12.7. The van der Waals surface area contributed by atoms with Gasteiger partial charge in [0.2, 0.25) is 0 Å². The highest BCUT2D eigenvalue weighted by molar-refractivity contribution is 6.03. The fourth-order valence-corrected chi connectivity index (χ4v) is 3.93. The van der Waals surface area contributed by atoms with Crippen LogP contribution < -0.4 is 4.74 Å². The first kappa shape index (κ1) is 20.3. The summed E-state index contributed by atoms with van der Waals surface area (Å²) >= 11 is 0. The number of H-pyrrole nitrogens is 1. The highest BCUT2D eigenvalue weighted by Gasteiger charge is 2.23. The Kier molecular flexibility index (Phi) is 6.31. The van der Waals surface area contributed by atoms with Gasteiger partial charge in [0.15, 0.2) is 11.6 Å². The van der Waals surface area contributed by atoms with Crippen molar-refractivity contribution < 1.29 is 14.3 Å². The van der Waals surface area contributed by atoms with E-state index in [0.717, 1.165) is 49.7 Å². The Hall–Kier alpha value is -2.44. The Bertz CT molecular complexity index is 847. The minimum absolute atomic E-state index is 0.00236. The normalized spacial score (nSPS) is 15.6. The topological polar surface area (TPSA) is 65.6 Å². The number of methoxy groups -OCH3 is 1. The van der Waals surface area contributed by atoms with Crippen molar-refractivity contribution in [1.82, 2.24) is 14.8 Å². The number of nitrogens with zero attached hydrogens (tertiary/aromatic N) is 2. The van der Waals surface area contributed by atoms with Gasteiger partial charge in [0.05, 0.1) is 19.3 Å². The third-order valence-corrected chi connectivity index (χ3v) is 5.47. The summed E-state index contributed by atoms with van der Waals surface area (Å²) in [6.45, 7) is 10.1. The molecule has 1 aliphatic heterocycles. The van der Waals surface area contributed by atoms with E-state index in [1.165, 1.54) is 5.56 Å². The first-order chi connectivity index (χ1) is 13.4. The van der Waals surface area contributed by atoms with E-state index in [1.807, 2.05) is 26.0 Å². The zero-order valence-electron chi connectivity index (χ0n) is 17.2. The number of rotatable bonds is 7. The number of benzene rings is 1. The van der Waals surface area contributed by atoms with Crippen LogP contribution in [-0.2, 0) is 6.54 Å². The maximum atomic E-state index is 12.7. The number of aromatic nitrogens is 1. The second-order valence-corrected chi connectivity index (χ2v) is 7.50. The molecule has 0 unspecified atom stereocenters. The van der Waals surface area contributed by atoms with Gasteiger partial charge in [0, 0.05) is 44.0 Å². The van der Waals surface area contributed by atoms with Crippen LogP contribution in [0.4, 0.5) is 0 Å². The zero-order valence-corrected chi connectivity index (χ0v) is 17.2. The number of aryl methyl sites for hydroxylation is 1. The molecule has 28 heavy (non-hydrogen) atoms. The molecule has 2 aromatic rings. The summed E-state index contributed by atoms with van der Waals surface area (Å²) in [5.41, 5.74) is 4.03. The molecule has 1 fully saturated rings. The van der Waals surface area contributed by atoms with Gasteiger partial charge in [-0.3, -0.25) is 19.4 Å². The van der Waals surface area contributed by atoms with Gasteiger partial charge in [0.25, 0.3) is 0 Å². The number of ketones is 2. The predicted molar refractivity (Wildman–Crippen MR) is 109 cm³/mol. The quantitative estimate of drug-likeness (QED) is 0.745. The summed E-state index contributed by atoms with van der Waals surface area (Å²) in [4.78, 5) is 32.2. The number of ether oxygens (including phenoxy) is 1. The molecule has 0 amide bonds. The number of hydrogen-bond acceptors (Lipinski definition) is 5. The van der Waals surface area contributed by atoms with E-state index in [2.05, 4.69) is 26.9 Å². The third-order valence-electron chi connectivity index (χ3n) is 5.47. The number of nitrogens with one attached hydrogen (secondary N) is 1. The number of Topliss-reactive ketones (excluding diaryl/α,β-unsaturated/α-hetero) is 2. The van der Waals surface area contributed by atoms with E-state index in [0.29, 0.717) is 17.8 Å². The minimum Gasteiger partial charge on any atom is -0.497 e.